The summed E-state index contributed by atoms with van der Waals surface area (Å²) in [6, 6.07) is 16.8. The van der Waals surface area contributed by atoms with E-state index in [2.05, 4.69) is 0 Å². The lowest BCUT2D eigenvalue weighted by atomic mass is 9.89. The van der Waals surface area contributed by atoms with Crippen LogP contribution in [0.2, 0.25) is 0 Å². The Kier molecular flexibility index (Phi) is 3.38. The number of nitrogens with zero attached hydrogens (tertiary/aromatic N) is 1. The van der Waals surface area contributed by atoms with Gasteiger partial charge in [-0.2, -0.15) is 0 Å². The van der Waals surface area contributed by atoms with Crippen LogP contribution in [0, 0.1) is 0 Å². The minimum Gasteiger partial charge on any atom is -0.274 e. The van der Waals surface area contributed by atoms with Gasteiger partial charge in [-0.1, -0.05) is 30.3 Å². The first-order valence-corrected chi connectivity index (χ1v) is 8.16. The standard InChI is InChI=1S/C18H13N3O2S/c19-21-17(22)14-3-1-2-13-12(8-9-15(16(13)14)18(21)23)10-4-6-11(24-20)7-5-10/h1-9H,19-20H2. The van der Waals surface area contributed by atoms with Gasteiger partial charge < -0.3 is 0 Å². The molecule has 3 aromatic rings. The van der Waals surface area contributed by atoms with E-state index in [-0.39, 0.29) is 0 Å². The molecule has 0 aliphatic carbocycles. The number of hydrogen-bond acceptors (Lipinski definition) is 5. The summed E-state index contributed by atoms with van der Waals surface area (Å²) in [5.41, 5.74) is 2.84. The van der Waals surface area contributed by atoms with Crippen molar-refractivity contribution in [3.05, 3.63) is 65.7 Å². The largest absolute Gasteiger partial charge is 0.275 e. The molecule has 3 aromatic carbocycles. The molecule has 24 heavy (non-hydrogen) atoms. The van der Waals surface area contributed by atoms with Crippen LogP contribution in [0.25, 0.3) is 21.9 Å². The van der Waals surface area contributed by atoms with Crippen molar-refractivity contribution >= 4 is 34.5 Å². The van der Waals surface area contributed by atoms with E-state index in [0.29, 0.717) is 21.5 Å². The predicted molar refractivity (Wildman–Crippen MR) is 94.1 cm³/mol. The van der Waals surface area contributed by atoms with Crippen molar-refractivity contribution in [3.8, 4) is 11.1 Å². The normalized spacial score (nSPS) is 13.7. The monoisotopic (exact) mass is 335 g/mol. The number of hydrazine groups is 1. The highest BCUT2D eigenvalue weighted by molar-refractivity contribution is 7.97. The fourth-order valence-electron chi connectivity index (χ4n) is 3.08. The Bertz CT molecular complexity index is 977. The molecule has 0 fully saturated rings. The molecule has 1 aliphatic heterocycles. The fraction of sp³-hybridized carbons (Fsp3) is 0. The Morgan fingerprint density at radius 3 is 2.08 bits per heavy atom. The number of hydrogen-bond donors (Lipinski definition) is 2. The van der Waals surface area contributed by atoms with Crippen molar-refractivity contribution < 1.29 is 9.59 Å². The van der Waals surface area contributed by atoms with Crippen LogP contribution >= 0.6 is 11.9 Å². The highest BCUT2D eigenvalue weighted by Crippen LogP contribution is 2.36. The fourth-order valence-corrected chi connectivity index (χ4v) is 3.37. The molecular formula is C18H13N3O2S. The molecule has 2 amide bonds. The number of rotatable bonds is 2. The summed E-state index contributed by atoms with van der Waals surface area (Å²) in [6.07, 6.45) is 0. The predicted octanol–water partition coefficient (Wildman–Crippen LogP) is 2.94. The summed E-state index contributed by atoms with van der Waals surface area (Å²) in [6.45, 7) is 0. The van der Waals surface area contributed by atoms with Crippen LogP contribution in [0.5, 0.6) is 0 Å². The maximum atomic E-state index is 12.3. The second-order valence-corrected chi connectivity index (χ2v) is 6.22. The number of imide groups is 1. The van der Waals surface area contributed by atoms with Gasteiger partial charge in [-0.15, -0.1) is 0 Å². The molecule has 118 valence electrons. The van der Waals surface area contributed by atoms with Gasteiger partial charge in [0, 0.05) is 10.3 Å². The van der Waals surface area contributed by atoms with Crippen LogP contribution in [-0.4, -0.2) is 16.8 Å². The minimum absolute atomic E-state index is 0.445. The summed E-state index contributed by atoms with van der Waals surface area (Å²) in [5, 5.41) is 7.74. The van der Waals surface area contributed by atoms with Crippen LogP contribution in [0.1, 0.15) is 20.7 Å². The highest BCUT2D eigenvalue weighted by Gasteiger charge is 2.31. The van der Waals surface area contributed by atoms with Crippen molar-refractivity contribution in [2.24, 2.45) is 11.0 Å². The summed E-state index contributed by atoms with van der Waals surface area (Å²) < 4.78 is 0. The number of nitrogens with two attached hydrogens (primary N) is 2. The Labute approximate surface area is 142 Å². The molecular weight excluding hydrogens is 322 g/mol. The van der Waals surface area contributed by atoms with Gasteiger partial charge in [-0.3, -0.25) is 14.7 Å². The Morgan fingerprint density at radius 1 is 0.792 bits per heavy atom. The van der Waals surface area contributed by atoms with E-state index in [1.807, 2.05) is 36.4 Å². The van der Waals surface area contributed by atoms with Crippen molar-refractivity contribution in [2.75, 3.05) is 0 Å². The smallest absolute Gasteiger partial charge is 0.274 e. The molecule has 4 N–H and O–H groups in total. The molecule has 5 nitrogen and oxygen atoms in total. The van der Waals surface area contributed by atoms with Crippen molar-refractivity contribution in [1.82, 2.24) is 5.01 Å². The quantitative estimate of drug-likeness (QED) is 0.325. The van der Waals surface area contributed by atoms with Gasteiger partial charge in [-0.25, -0.2) is 10.9 Å². The molecule has 0 spiro atoms. The van der Waals surface area contributed by atoms with Crippen LogP contribution in [0.3, 0.4) is 0 Å². The van der Waals surface area contributed by atoms with Crippen molar-refractivity contribution in [2.45, 2.75) is 4.90 Å². The molecule has 0 unspecified atom stereocenters. The third-order valence-electron chi connectivity index (χ3n) is 4.24. The van der Waals surface area contributed by atoms with Crippen LogP contribution in [0.15, 0.2) is 59.5 Å². The zero-order valence-corrected chi connectivity index (χ0v) is 13.3. The maximum absolute atomic E-state index is 12.3. The average molecular weight is 335 g/mol. The molecule has 0 saturated carbocycles. The maximum Gasteiger partial charge on any atom is 0.275 e. The minimum atomic E-state index is -0.481. The van der Waals surface area contributed by atoms with E-state index in [1.165, 1.54) is 11.9 Å². The summed E-state index contributed by atoms with van der Waals surface area (Å²) in [5.74, 6) is 4.65. The van der Waals surface area contributed by atoms with Gasteiger partial charge in [0.15, 0.2) is 0 Å². The number of amides is 2. The summed E-state index contributed by atoms with van der Waals surface area (Å²) in [7, 11) is 0. The van der Waals surface area contributed by atoms with Crippen LogP contribution in [0.4, 0.5) is 0 Å². The van der Waals surface area contributed by atoms with Gasteiger partial charge in [0.05, 0.1) is 11.1 Å². The number of carbonyl (C=O) groups is 2. The van der Waals surface area contributed by atoms with Gasteiger partial charge in [0.2, 0.25) is 0 Å². The molecule has 0 atom stereocenters. The van der Waals surface area contributed by atoms with Crippen molar-refractivity contribution in [3.63, 3.8) is 0 Å². The lowest BCUT2D eigenvalue weighted by molar-refractivity contribution is 0.0610. The molecule has 0 bridgehead atoms. The molecule has 0 radical (unpaired) electrons. The number of benzene rings is 3. The number of carbonyl (C=O) groups excluding carboxylic acids is 2. The third kappa shape index (κ3) is 2.05. The van der Waals surface area contributed by atoms with Gasteiger partial charge in [-0.05, 0) is 52.7 Å². The zero-order valence-electron chi connectivity index (χ0n) is 12.5. The summed E-state index contributed by atoms with van der Waals surface area (Å²) in [4.78, 5) is 25.6. The second kappa shape index (κ2) is 5.45. The van der Waals surface area contributed by atoms with E-state index in [0.717, 1.165) is 21.4 Å². The molecule has 4 rings (SSSR count). The lowest BCUT2D eigenvalue weighted by Gasteiger charge is -2.24. The van der Waals surface area contributed by atoms with Crippen LogP contribution in [-0.2, 0) is 0 Å². The Hall–Kier alpha value is -2.67. The van der Waals surface area contributed by atoms with E-state index < -0.39 is 11.8 Å². The Balaban J connectivity index is 2.01. The molecule has 6 heteroatoms. The Morgan fingerprint density at radius 2 is 1.42 bits per heavy atom. The SMILES string of the molecule is NSc1ccc(-c2ccc3c4c(cccc24)C(=O)N(N)C3=O)cc1. The van der Waals surface area contributed by atoms with E-state index >= 15 is 0 Å². The van der Waals surface area contributed by atoms with E-state index in [4.69, 9.17) is 11.0 Å². The first-order chi connectivity index (χ1) is 11.6. The van der Waals surface area contributed by atoms with E-state index in [9.17, 15) is 9.59 Å². The molecule has 0 aromatic heterocycles. The average Bonchev–Trinajstić information content (AvgIpc) is 2.64. The first kappa shape index (κ1) is 14.9. The lowest BCUT2D eigenvalue weighted by Crippen LogP contribution is -2.45. The van der Waals surface area contributed by atoms with E-state index in [1.54, 1.807) is 18.2 Å². The van der Waals surface area contributed by atoms with Gasteiger partial charge in [0.1, 0.15) is 0 Å². The summed E-state index contributed by atoms with van der Waals surface area (Å²) >= 11 is 1.19. The zero-order chi connectivity index (χ0) is 16.8. The van der Waals surface area contributed by atoms with Crippen molar-refractivity contribution in [1.29, 1.82) is 0 Å². The van der Waals surface area contributed by atoms with Gasteiger partial charge >= 0.3 is 0 Å². The first-order valence-electron chi connectivity index (χ1n) is 7.28. The molecule has 1 heterocycles. The van der Waals surface area contributed by atoms with Gasteiger partial charge in [0.25, 0.3) is 11.8 Å². The topological polar surface area (TPSA) is 89.4 Å². The third-order valence-corrected chi connectivity index (χ3v) is 4.78. The van der Waals surface area contributed by atoms with Crippen LogP contribution < -0.4 is 11.0 Å². The molecule has 1 aliphatic rings. The molecule has 0 saturated heterocycles. The second-order valence-electron chi connectivity index (χ2n) is 5.51. The highest BCUT2D eigenvalue weighted by atomic mass is 32.2.